The Balaban J connectivity index is 0.00000261. The highest BCUT2D eigenvalue weighted by molar-refractivity contribution is 8.00. The summed E-state index contributed by atoms with van der Waals surface area (Å²) in [6.07, 6.45) is 6.37. The van der Waals surface area contributed by atoms with Crippen LogP contribution in [0.25, 0.3) is 0 Å². The van der Waals surface area contributed by atoms with Crippen LogP contribution in [-0.4, -0.2) is 55.2 Å². The Morgan fingerprint density at radius 3 is 2.56 bits per heavy atom. The fraction of sp³-hybridized carbons (Fsp3) is 0.600. The van der Waals surface area contributed by atoms with E-state index >= 15 is 0 Å². The van der Waals surface area contributed by atoms with Crippen LogP contribution in [0.1, 0.15) is 42.5 Å². The molecule has 2 aliphatic rings. The number of nitrogens with one attached hydrogen (secondary N) is 2. The van der Waals surface area contributed by atoms with E-state index in [4.69, 9.17) is 0 Å². The first-order valence-electron chi connectivity index (χ1n) is 9.72. The molecule has 2 N–H and O–H groups in total. The molecule has 1 saturated heterocycles. The summed E-state index contributed by atoms with van der Waals surface area (Å²) < 4.78 is 0. The van der Waals surface area contributed by atoms with Gasteiger partial charge in [-0.25, -0.2) is 0 Å². The molecule has 0 bridgehead atoms. The zero-order valence-corrected chi connectivity index (χ0v) is 17.4. The standard InChI is InChI=1S/C20H29N3O2S.ClH/c24-19(22-14-16-6-2-1-3-7-16)15-26-18-9-5-4-8-17(18)20(25)23-12-10-21-11-13-23;/h4-5,8-9,16,21H,1-3,6-7,10-15H2,(H,22,24);1H. The topological polar surface area (TPSA) is 61.4 Å². The fourth-order valence-electron chi connectivity index (χ4n) is 3.65. The molecule has 1 heterocycles. The first kappa shape index (κ1) is 22.1. The number of halogens is 1. The number of piperazine rings is 1. The quantitative estimate of drug-likeness (QED) is 0.706. The smallest absolute Gasteiger partial charge is 0.255 e. The van der Waals surface area contributed by atoms with Crippen LogP contribution in [0.4, 0.5) is 0 Å². The number of hydrogen-bond acceptors (Lipinski definition) is 4. The third kappa shape index (κ3) is 6.70. The molecule has 0 atom stereocenters. The summed E-state index contributed by atoms with van der Waals surface area (Å²) in [6, 6.07) is 7.63. The molecular weight excluding hydrogens is 382 g/mol. The number of hydrogen-bond donors (Lipinski definition) is 2. The van der Waals surface area contributed by atoms with E-state index in [1.165, 1.54) is 43.9 Å². The minimum atomic E-state index is 0. The second kappa shape index (κ2) is 11.6. The van der Waals surface area contributed by atoms with Crippen LogP contribution in [0.3, 0.4) is 0 Å². The van der Waals surface area contributed by atoms with E-state index in [-0.39, 0.29) is 24.2 Å². The van der Waals surface area contributed by atoms with E-state index in [1.54, 1.807) is 0 Å². The van der Waals surface area contributed by atoms with Crippen molar-refractivity contribution < 1.29 is 9.59 Å². The van der Waals surface area contributed by atoms with E-state index in [0.717, 1.165) is 37.6 Å². The predicted octanol–water partition coefficient (Wildman–Crippen LogP) is 2.94. The Bertz CT molecular complexity index is 617. The van der Waals surface area contributed by atoms with Crippen LogP contribution < -0.4 is 10.6 Å². The Morgan fingerprint density at radius 2 is 1.81 bits per heavy atom. The number of nitrogens with zero attached hydrogens (tertiary/aromatic N) is 1. The Morgan fingerprint density at radius 1 is 1.11 bits per heavy atom. The lowest BCUT2D eigenvalue weighted by molar-refractivity contribution is -0.118. The van der Waals surface area contributed by atoms with Crippen molar-refractivity contribution >= 4 is 36.0 Å². The van der Waals surface area contributed by atoms with E-state index in [1.807, 2.05) is 29.2 Å². The van der Waals surface area contributed by atoms with Crippen LogP contribution in [0.15, 0.2) is 29.2 Å². The maximum Gasteiger partial charge on any atom is 0.255 e. The summed E-state index contributed by atoms with van der Waals surface area (Å²) in [6.45, 7) is 3.94. The second-order valence-corrected chi connectivity index (χ2v) is 8.15. The highest BCUT2D eigenvalue weighted by Gasteiger charge is 2.21. The Kier molecular flexibility index (Phi) is 9.45. The van der Waals surface area contributed by atoms with Gasteiger partial charge in [0.05, 0.1) is 11.3 Å². The summed E-state index contributed by atoms with van der Waals surface area (Å²) in [5, 5.41) is 6.34. The molecule has 7 heteroatoms. The molecular formula is C20H30ClN3O2S. The molecule has 1 aliphatic carbocycles. The van der Waals surface area contributed by atoms with Gasteiger partial charge in [0.2, 0.25) is 5.91 Å². The number of benzene rings is 1. The third-order valence-electron chi connectivity index (χ3n) is 5.19. The number of amides is 2. The molecule has 0 aromatic heterocycles. The van der Waals surface area contributed by atoms with E-state index < -0.39 is 0 Å². The molecule has 2 fully saturated rings. The molecule has 2 amide bonds. The number of rotatable bonds is 6. The van der Waals surface area contributed by atoms with Crippen LogP contribution in [0, 0.1) is 5.92 Å². The minimum Gasteiger partial charge on any atom is -0.355 e. The average molecular weight is 412 g/mol. The summed E-state index contributed by atoms with van der Waals surface area (Å²) in [7, 11) is 0. The monoisotopic (exact) mass is 411 g/mol. The molecule has 3 rings (SSSR count). The Hall–Kier alpha value is -1.24. The van der Waals surface area contributed by atoms with Crippen molar-refractivity contribution in [1.82, 2.24) is 15.5 Å². The summed E-state index contributed by atoms with van der Waals surface area (Å²) >= 11 is 1.46. The molecule has 150 valence electrons. The minimum absolute atomic E-state index is 0. The van der Waals surface area contributed by atoms with Crippen molar-refractivity contribution in [3.05, 3.63) is 29.8 Å². The van der Waals surface area contributed by atoms with Gasteiger partial charge in [-0.1, -0.05) is 31.4 Å². The first-order valence-corrected chi connectivity index (χ1v) is 10.7. The van der Waals surface area contributed by atoms with Crippen LogP contribution >= 0.6 is 24.2 Å². The third-order valence-corrected chi connectivity index (χ3v) is 6.27. The molecule has 27 heavy (non-hydrogen) atoms. The molecule has 1 aromatic rings. The zero-order valence-electron chi connectivity index (χ0n) is 15.7. The van der Waals surface area contributed by atoms with Gasteiger partial charge >= 0.3 is 0 Å². The summed E-state index contributed by atoms with van der Waals surface area (Å²) in [4.78, 5) is 27.8. The van der Waals surface area contributed by atoms with Gasteiger partial charge in [0.1, 0.15) is 0 Å². The second-order valence-electron chi connectivity index (χ2n) is 7.14. The van der Waals surface area contributed by atoms with Crippen molar-refractivity contribution in [1.29, 1.82) is 0 Å². The van der Waals surface area contributed by atoms with Crippen molar-refractivity contribution in [2.75, 3.05) is 38.5 Å². The molecule has 0 radical (unpaired) electrons. The maximum atomic E-state index is 12.8. The van der Waals surface area contributed by atoms with Gasteiger partial charge in [0.25, 0.3) is 5.91 Å². The fourth-order valence-corrected chi connectivity index (χ4v) is 4.53. The van der Waals surface area contributed by atoms with Crippen molar-refractivity contribution in [3.8, 4) is 0 Å². The van der Waals surface area contributed by atoms with Gasteiger partial charge in [-0.3, -0.25) is 9.59 Å². The number of carbonyl (C=O) groups is 2. The van der Waals surface area contributed by atoms with Gasteiger partial charge in [0.15, 0.2) is 0 Å². The van der Waals surface area contributed by atoms with Crippen molar-refractivity contribution in [2.45, 2.75) is 37.0 Å². The molecule has 1 aliphatic heterocycles. The van der Waals surface area contributed by atoms with Gasteiger partial charge < -0.3 is 15.5 Å². The summed E-state index contributed by atoms with van der Waals surface area (Å²) in [5.41, 5.74) is 0.708. The molecule has 0 spiro atoms. The molecule has 1 aromatic carbocycles. The van der Waals surface area contributed by atoms with Gasteiger partial charge in [-0.05, 0) is 30.9 Å². The predicted molar refractivity (Wildman–Crippen MR) is 113 cm³/mol. The Labute approximate surface area is 172 Å². The van der Waals surface area contributed by atoms with E-state index in [2.05, 4.69) is 10.6 Å². The molecule has 1 saturated carbocycles. The maximum absolute atomic E-state index is 12.8. The molecule has 0 unspecified atom stereocenters. The lowest BCUT2D eigenvalue weighted by atomic mass is 9.89. The van der Waals surface area contributed by atoms with Crippen LogP contribution in [-0.2, 0) is 4.79 Å². The van der Waals surface area contributed by atoms with Crippen LogP contribution in [0.5, 0.6) is 0 Å². The SMILES string of the molecule is Cl.O=C(CSc1ccccc1C(=O)N1CCNCC1)NCC1CCCCC1. The lowest BCUT2D eigenvalue weighted by Gasteiger charge is -2.28. The largest absolute Gasteiger partial charge is 0.355 e. The highest BCUT2D eigenvalue weighted by atomic mass is 35.5. The van der Waals surface area contributed by atoms with Gasteiger partial charge in [0, 0.05) is 37.6 Å². The van der Waals surface area contributed by atoms with Crippen molar-refractivity contribution in [2.24, 2.45) is 5.92 Å². The average Bonchev–Trinajstić information content (AvgIpc) is 2.72. The zero-order chi connectivity index (χ0) is 18.2. The normalized spacial score (nSPS) is 17.9. The molecule has 5 nitrogen and oxygen atoms in total. The van der Waals surface area contributed by atoms with Gasteiger partial charge in [-0.15, -0.1) is 24.2 Å². The number of carbonyl (C=O) groups excluding carboxylic acids is 2. The van der Waals surface area contributed by atoms with E-state index in [9.17, 15) is 9.59 Å². The van der Waals surface area contributed by atoms with Crippen LogP contribution in [0.2, 0.25) is 0 Å². The van der Waals surface area contributed by atoms with Crippen molar-refractivity contribution in [3.63, 3.8) is 0 Å². The van der Waals surface area contributed by atoms with Gasteiger partial charge in [-0.2, -0.15) is 0 Å². The summed E-state index contributed by atoms with van der Waals surface area (Å²) in [5.74, 6) is 1.12. The first-order chi connectivity index (χ1) is 12.7. The lowest BCUT2D eigenvalue weighted by Crippen LogP contribution is -2.46. The van der Waals surface area contributed by atoms with E-state index in [0.29, 0.717) is 17.2 Å². The highest BCUT2D eigenvalue weighted by Crippen LogP contribution is 2.25. The number of thioether (sulfide) groups is 1.